The summed E-state index contributed by atoms with van der Waals surface area (Å²) in [4.78, 5) is 21.1. The molecule has 3 rings (SSSR count). The van der Waals surface area contributed by atoms with E-state index >= 15 is 0 Å². The van der Waals surface area contributed by atoms with Crippen molar-refractivity contribution in [1.29, 1.82) is 0 Å². The molecule has 0 saturated carbocycles. The van der Waals surface area contributed by atoms with Crippen molar-refractivity contribution >= 4 is 11.7 Å². The summed E-state index contributed by atoms with van der Waals surface area (Å²) in [5.41, 5.74) is 0.696. The molecule has 1 aromatic heterocycles. The van der Waals surface area contributed by atoms with Gasteiger partial charge in [-0.15, -0.1) is 0 Å². The van der Waals surface area contributed by atoms with Crippen molar-refractivity contribution < 1.29 is 4.79 Å². The van der Waals surface area contributed by atoms with Crippen LogP contribution in [0.3, 0.4) is 0 Å². The largest absolute Gasteiger partial charge is 0.357 e. The van der Waals surface area contributed by atoms with Crippen molar-refractivity contribution in [3.63, 3.8) is 0 Å². The van der Waals surface area contributed by atoms with Gasteiger partial charge in [0.05, 0.1) is 5.56 Å². The van der Waals surface area contributed by atoms with Gasteiger partial charge in [0.1, 0.15) is 5.82 Å². The molecule has 5 nitrogen and oxygen atoms in total. The van der Waals surface area contributed by atoms with E-state index in [4.69, 9.17) is 0 Å². The van der Waals surface area contributed by atoms with Gasteiger partial charge in [-0.1, -0.05) is 0 Å². The Kier molecular flexibility index (Phi) is 3.87. The predicted octanol–water partition coefficient (Wildman–Crippen LogP) is 1.12. The molecule has 0 radical (unpaired) electrons. The number of rotatable bonds is 2. The van der Waals surface area contributed by atoms with Gasteiger partial charge in [0.15, 0.2) is 0 Å². The number of carbonyl (C=O) groups is 1. The van der Waals surface area contributed by atoms with E-state index in [2.05, 4.69) is 22.1 Å². The van der Waals surface area contributed by atoms with Crippen LogP contribution in [0.15, 0.2) is 18.3 Å². The van der Waals surface area contributed by atoms with Gasteiger partial charge in [-0.05, 0) is 31.9 Å². The first-order chi connectivity index (χ1) is 9.74. The minimum absolute atomic E-state index is 0.0961. The highest BCUT2D eigenvalue weighted by Crippen LogP contribution is 2.18. The van der Waals surface area contributed by atoms with Crippen LogP contribution in [0.5, 0.6) is 0 Å². The van der Waals surface area contributed by atoms with E-state index in [9.17, 15) is 4.79 Å². The molecule has 1 aromatic rings. The lowest BCUT2D eigenvalue weighted by Crippen LogP contribution is -2.51. The van der Waals surface area contributed by atoms with E-state index in [0.717, 1.165) is 38.5 Å². The Morgan fingerprint density at radius 1 is 1.30 bits per heavy atom. The Labute approximate surface area is 120 Å². The lowest BCUT2D eigenvalue weighted by Gasteiger charge is -2.32. The summed E-state index contributed by atoms with van der Waals surface area (Å²) in [5.74, 6) is 1.09. The third-order valence-corrected chi connectivity index (χ3v) is 4.08. The second-order valence-electron chi connectivity index (χ2n) is 5.71. The SMILES string of the molecule is C[C@H]1CN(C(=O)c2ccc(N3CCCC3)nc2)CCN1. The summed E-state index contributed by atoms with van der Waals surface area (Å²) < 4.78 is 0. The molecule has 5 heteroatoms. The van der Waals surface area contributed by atoms with Crippen LogP contribution in [0.4, 0.5) is 5.82 Å². The number of pyridine rings is 1. The van der Waals surface area contributed by atoms with Gasteiger partial charge in [0.25, 0.3) is 5.91 Å². The first kappa shape index (κ1) is 13.4. The normalized spacial score (nSPS) is 23.1. The quantitative estimate of drug-likeness (QED) is 0.878. The second kappa shape index (κ2) is 5.79. The van der Waals surface area contributed by atoms with E-state index in [1.54, 1.807) is 6.20 Å². The molecule has 0 spiro atoms. The van der Waals surface area contributed by atoms with Gasteiger partial charge in [-0.25, -0.2) is 4.98 Å². The fourth-order valence-electron chi connectivity index (χ4n) is 2.95. The molecule has 0 aliphatic carbocycles. The summed E-state index contributed by atoms with van der Waals surface area (Å²) in [6.07, 6.45) is 4.20. The highest BCUT2D eigenvalue weighted by atomic mass is 16.2. The van der Waals surface area contributed by atoms with E-state index in [-0.39, 0.29) is 5.91 Å². The van der Waals surface area contributed by atoms with E-state index in [0.29, 0.717) is 11.6 Å². The molecule has 1 amide bonds. The molecule has 1 N–H and O–H groups in total. The molecule has 0 bridgehead atoms. The average Bonchev–Trinajstić information content (AvgIpc) is 3.01. The molecule has 2 saturated heterocycles. The van der Waals surface area contributed by atoms with Crippen molar-refractivity contribution in [3.8, 4) is 0 Å². The number of nitrogens with one attached hydrogen (secondary N) is 1. The molecule has 2 aliphatic rings. The topological polar surface area (TPSA) is 48.5 Å². The Morgan fingerprint density at radius 3 is 2.75 bits per heavy atom. The van der Waals surface area contributed by atoms with Crippen LogP contribution in [0, 0.1) is 0 Å². The zero-order valence-corrected chi connectivity index (χ0v) is 12.0. The number of amides is 1. The highest BCUT2D eigenvalue weighted by Gasteiger charge is 2.22. The third-order valence-electron chi connectivity index (χ3n) is 4.08. The lowest BCUT2D eigenvalue weighted by atomic mass is 10.2. The number of nitrogens with zero attached hydrogens (tertiary/aromatic N) is 3. The Hall–Kier alpha value is -1.62. The number of carbonyl (C=O) groups excluding carboxylic acids is 1. The molecule has 20 heavy (non-hydrogen) atoms. The number of piperazine rings is 1. The fourth-order valence-corrected chi connectivity index (χ4v) is 2.95. The molecule has 0 aromatic carbocycles. The van der Waals surface area contributed by atoms with E-state index < -0.39 is 0 Å². The Bertz CT molecular complexity index is 467. The number of hydrogen-bond acceptors (Lipinski definition) is 4. The first-order valence-corrected chi connectivity index (χ1v) is 7.48. The fraction of sp³-hybridized carbons (Fsp3) is 0.600. The van der Waals surface area contributed by atoms with Crippen molar-refractivity contribution in [2.75, 3.05) is 37.6 Å². The van der Waals surface area contributed by atoms with Crippen LogP contribution in [-0.2, 0) is 0 Å². The zero-order valence-electron chi connectivity index (χ0n) is 12.0. The van der Waals surface area contributed by atoms with Crippen molar-refractivity contribution in [2.45, 2.75) is 25.8 Å². The second-order valence-corrected chi connectivity index (χ2v) is 5.71. The minimum Gasteiger partial charge on any atom is -0.357 e. The first-order valence-electron chi connectivity index (χ1n) is 7.48. The van der Waals surface area contributed by atoms with Gasteiger partial charge in [0.2, 0.25) is 0 Å². The molecule has 2 aliphatic heterocycles. The van der Waals surface area contributed by atoms with Crippen molar-refractivity contribution in [1.82, 2.24) is 15.2 Å². The molecule has 3 heterocycles. The summed E-state index contributed by atoms with van der Waals surface area (Å²) >= 11 is 0. The molecule has 1 atom stereocenters. The van der Waals surface area contributed by atoms with Crippen LogP contribution < -0.4 is 10.2 Å². The molecular weight excluding hydrogens is 252 g/mol. The van der Waals surface area contributed by atoms with Crippen molar-refractivity contribution in [2.24, 2.45) is 0 Å². The van der Waals surface area contributed by atoms with Gasteiger partial charge < -0.3 is 15.1 Å². The van der Waals surface area contributed by atoms with Crippen LogP contribution in [0.1, 0.15) is 30.1 Å². The monoisotopic (exact) mass is 274 g/mol. The maximum atomic E-state index is 12.4. The molecular formula is C15H22N4O. The van der Waals surface area contributed by atoms with Crippen molar-refractivity contribution in [3.05, 3.63) is 23.9 Å². The summed E-state index contributed by atoms with van der Waals surface area (Å²) in [7, 11) is 0. The predicted molar refractivity (Wildman–Crippen MR) is 79.1 cm³/mol. The van der Waals surface area contributed by atoms with Gasteiger partial charge >= 0.3 is 0 Å². The van der Waals surface area contributed by atoms with Crippen LogP contribution in [0.25, 0.3) is 0 Å². The average molecular weight is 274 g/mol. The van der Waals surface area contributed by atoms with Crippen LogP contribution in [-0.4, -0.2) is 54.6 Å². The smallest absolute Gasteiger partial charge is 0.255 e. The van der Waals surface area contributed by atoms with Gasteiger partial charge in [-0.2, -0.15) is 0 Å². The standard InChI is InChI=1S/C15H22N4O/c1-12-11-19(9-6-16-12)15(20)13-4-5-14(17-10-13)18-7-2-3-8-18/h4-5,10,12,16H,2-3,6-9,11H2,1H3/t12-/m0/s1. The number of aromatic nitrogens is 1. The summed E-state index contributed by atoms with van der Waals surface area (Å²) in [6.45, 7) is 6.68. The Balaban J connectivity index is 1.68. The summed E-state index contributed by atoms with van der Waals surface area (Å²) in [5, 5.41) is 3.35. The van der Waals surface area contributed by atoms with Gasteiger partial charge in [0, 0.05) is 45.0 Å². The third kappa shape index (κ3) is 2.77. The Morgan fingerprint density at radius 2 is 2.10 bits per heavy atom. The van der Waals surface area contributed by atoms with Gasteiger partial charge in [-0.3, -0.25) is 4.79 Å². The zero-order chi connectivity index (χ0) is 13.9. The summed E-state index contributed by atoms with van der Waals surface area (Å²) in [6, 6.07) is 4.25. The molecule has 0 unspecified atom stereocenters. The molecule has 2 fully saturated rings. The minimum atomic E-state index is 0.0961. The number of anilines is 1. The maximum absolute atomic E-state index is 12.4. The lowest BCUT2D eigenvalue weighted by molar-refractivity contribution is 0.0708. The highest BCUT2D eigenvalue weighted by molar-refractivity contribution is 5.94. The molecule has 108 valence electrons. The van der Waals surface area contributed by atoms with Crippen LogP contribution in [0.2, 0.25) is 0 Å². The van der Waals surface area contributed by atoms with E-state index in [1.807, 2.05) is 17.0 Å². The number of hydrogen-bond donors (Lipinski definition) is 1. The van der Waals surface area contributed by atoms with Crippen LogP contribution >= 0.6 is 0 Å². The maximum Gasteiger partial charge on any atom is 0.255 e. The van der Waals surface area contributed by atoms with E-state index in [1.165, 1.54) is 12.8 Å².